The predicted octanol–water partition coefficient (Wildman–Crippen LogP) is 0.670. The standard InChI is InChI=1S/C11H12FN5O2/c1-5-2-7(19-6(5)3-18)17-4-14-8-9(13)15-11(12)16-10(8)17/h3-7H,2H2,1H3,(H2,13,15,16)/t5-,6+,7+/m0/s1. The van der Waals surface area contributed by atoms with E-state index in [9.17, 15) is 9.18 Å². The van der Waals surface area contributed by atoms with Crippen molar-refractivity contribution >= 4 is 23.3 Å². The summed E-state index contributed by atoms with van der Waals surface area (Å²) >= 11 is 0. The van der Waals surface area contributed by atoms with Crippen molar-refractivity contribution in [1.82, 2.24) is 19.5 Å². The number of nitrogen functional groups attached to an aromatic ring is 1. The van der Waals surface area contributed by atoms with Gasteiger partial charge >= 0.3 is 6.08 Å². The van der Waals surface area contributed by atoms with Gasteiger partial charge in [-0.15, -0.1) is 0 Å². The van der Waals surface area contributed by atoms with Gasteiger partial charge in [0.25, 0.3) is 0 Å². The fourth-order valence-electron chi connectivity index (χ4n) is 2.29. The highest BCUT2D eigenvalue weighted by atomic mass is 19.1. The minimum atomic E-state index is -0.912. The van der Waals surface area contributed by atoms with Crippen LogP contribution in [0.3, 0.4) is 0 Å². The summed E-state index contributed by atoms with van der Waals surface area (Å²) in [4.78, 5) is 22.0. The van der Waals surface area contributed by atoms with Crippen LogP contribution in [0.4, 0.5) is 10.2 Å². The zero-order valence-corrected chi connectivity index (χ0v) is 10.2. The Bertz CT molecular complexity index is 643. The second-order valence-corrected chi connectivity index (χ2v) is 4.61. The molecule has 1 aliphatic rings. The van der Waals surface area contributed by atoms with E-state index in [2.05, 4.69) is 15.0 Å². The number of carbonyl (C=O) groups is 1. The number of halogens is 1. The topological polar surface area (TPSA) is 95.9 Å². The van der Waals surface area contributed by atoms with Gasteiger partial charge in [0.1, 0.15) is 18.6 Å². The molecule has 0 radical (unpaired) electrons. The fraction of sp³-hybridized carbons (Fsp3) is 0.455. The normalized spacial score (nSPS) is 26.9. The van der Waals surface area contributed by atoms with E-state index in [0.29, 0.717) is 11.9 Å². The van der Waals surface area contributed by atoms with Gasteiger partial charge in [0.05, 0.1) is 6.33 Å². The molecular formula is C11H12FN5O2. The first-order valence-corrected chi connectivity index (χ1v) is 5.86. The molecule has 0 aliphatic carbocycles. The molecule has 1 aliphatic heterocycles. The average molecular weight is 265 g/mol. The predicted molar refractivity (Wildman–Crippen MR) is 63.4 cm³/mol. The van der Waals surface area contributed by atoms with Crippen molar-refractivity contribution in [3.63, 3.8) is 0 Å². The number of imidazole rings is 1. The lowest BCUT2D eigenvalue weighted by Crippen LogP contribution is -2.15. The maximum Gasteiger partial charge on any atom is 0.312 e. The number of aldehydes is 1. The smallest absolute Gasteiger partial charge is 0.312 e. The van der Waals surface area contributed by atoms with E-state index < -0.39 is 18.4 Å². The third-order valence-corrected chi connectivity index (χ3v) is 3.31. The summed E-state index contributed by atoms with van der Waals surface area (Å²) in [6, 6.07) is 0. The van der Waals surface area contributed by atoms with Crippen LogP contribution in [0, 0.1) is 12.0 Å². The van der Waals surface area contributed by atoms with Crippen LogP contribution in [0.5, 0.6) is 0 Å². The summed E-state index contributed by atoms with van der Waals surface area (Å²) < 4.78 is 20.4. The molecule has 3 atom stereocenters. The maximum atomic E-state index is 13.2. The second kappa shape index (κ2) is 4.23. The van der Waals surface area contributed by atoms with E-state index in [0.717, 1.165) is 6.29 Å². The van der Waals surface area contributed by atoms with Crippen molar-refractivity contribution in [3.05, 3.63) is 12.4 Å². The Balaban J connectivity index is 2.05. The van der Waals surface area contributed by atoms with Gasteiger partial charge in [-0.2, -0.15) is 14.4 Å². The van der Waals surface area contributed by atoms with Crippen molar-refractivity contribution in [2.24, 2.45) is 5.92 Å². The summed E-state index contributed by atoms with van der Waals surface area (Å²) in [5.41, 5.74) is 6.18. The second-order valence-electron chi connectivity index (χ2n) is 4.61. The van der Waals surface area contributed by atoms with Crippen LogP contribution >= 0.6 is 0 Å². The molecule has 2 aromatic heterocycles. The minimum Gasteiger partial charge on any atom is -0.382 e. The Morgan fingerprint density at radius 3 is 3.05 bits per heavy atom. The molecular weight excluding hydrogens is 253 g/mol. The van der Waals surface area contributed by atoms with Crippen molar-refractivity contribution in [1.29, 1.82) is 0 Å². The van der Waals surface area contributed by atoms with Gasteiger partial charge in [0, 0.05) is 0 Å². The molecule has 7 nitrogen and oxygen atoms in total. The van der Waals surface area contributed by atoms with E-state index in [1.54, 1.807) is 4.57 Å². The van der Waals surface area contributed by atoms with Gasteiger partial charge < -0.3 is 15.3 Å². The molecule has 0 saturated carbocycles. The third-order valence-electron chi connectivity index (χ3n) is 3.31. The number of carbonyl (C=O) groups excluding carboxylic acids is 1. The van der Waals surface area contributed by atoms with Crippen LogP contribution in [0.15, 0.2) is 6.33 Å². The number of ether oxygens (including phenoxy) is 1. The molecule has 2 aromatic rings. The van der Waals surface area contributed by atoms with Crippen molar-refractivity contribution in [3.8, 4) is 0 Å². The van der Waals surface area contributed by atoms with Crippen molar-refractivity contribution in [2.75, 3.05) is 5.73 Å². The molecule has 1 fully saturated rings. The number of hydrogen-bond acceptors (Lipinski definition) is 6. The summed E-state index contributed by atoms with van der Waals surface area (Å²) in [6.45, 7) is 1.92. The highest BCUT2D eigenvalue weighted by Crippen LogP contribution is 2.34. The minimum absolute atomic E-state index is 0.0146. The average Bonchev–Trinajstić information content (AvgIpc) is 2.92. The molecule has 0 unspecified atom stereocenters. The summed E-state index contributed by atoms with van der Waals surface area (Å²) in [7, 11) is 0. The van der Waals surface area contributed by atoms with Crippen LogP contribution in [-0.4, -0.2) is 31.9 Å². The van der Waals surface area contributed by atoms with Crippen LogP contribution < -0.4 is 5.73 Å². The Morgan fingerprint density at radius 2 is 2.37 bits per heavy atom. The first-order chi connectivity index (χ1) is 9.10. The largest absolute Gasteiger partial charge is 0.382 e. The fourth-order valence-corrected chi connectivity index (χ4v) is 2.29. The molecule has 0 spiro atoms. The molecule has 0 aromatic carbocycles. The number of rotatable bonds is 2. The monoisotopic (exact) mass is 265 g/mol. The van der Waals surface area contributed by atoms with E-state index in [1.807, 2.05) is 6.92 Å². The molecule has 0 bridgehead atoms. The highest BCUT2D eigenvalue weighted by Gasteiger charge is 2.34. The summed E-state index contributed by atoms with van der Waals surface area (Å²) in [5.74, 6) is 0.0724. The number of anilines is 1. The SMILES string of the molecule is C[C@H]1C[C@H](n2cnc3c(N)nc(F)nc32)O[C@@H]1C=O. The Morgan fingerprint density at radius 1 is 1.58 bits per heavy atom. The number of aromatic nitrogens is 4. The third kappa shape index (κ3) is 1.84. The number of hydrogen-bond donors (Lipinski definition) is 1. The van der Waals surface area contributed by atoms with Gasteiger partial charge in [0.15, 0.2) is 17.0 Å². The van der Waals surface area contributed by atoms with E-state index in [1.165, 1.54) is 6.33 Å². The van der Waals surface area contributed by atoms with E-state index in [4.69, 9.17) is 10.5 Å². The van der Waals surface area contributed by atoms with Crippen LogP contribution in [-0.2, 0) is 9.53 Å². The number of nitrogens with two attached hydrogens (primary N) is 1. The first-order valence-electron chi connectivity index (χ1n) is 5.86. The Labute approximate surface area is 107 Å². The molecule has 3 heterocycles. The first kappa shape index (κ1) is 12.0. The lowest BCUT2D eigenvalue weighted by molar-refractivity contribution is -0.120. The summed E-state index contributed by atoms with van der Waals surface area (Å²) in [6.07, 6.45) is 1.09. The van der Waals surface area contributed by atoms with Crippen LogP contribution in [0.2, 0.25) is 0 Å². The zero-order valence-electron chi connectivity index (χ0n) is 10.2. The molecule has 2 N–H and O–H groups in total. The van der Waals surface area contributed by atoms with Gasteiger partial charge in [-0.25, -0.2) is 4.98 Å². The van der Waals surface area contributed by atoms with Gasteiger partial charge in [-0.3, -0.25) is 4.57 Å². The van der Waals surface area contributed by atoms with Gasteiger partial charge in [0.2, 0.25) is 0 Å². The summed E-state index contributed by atoms with van der Waals surface area (Å²) in [5, 5.41) is 0. The molecule has 1 saturated heterocycles. The number of fused-ring (bicyclic) bond motifs is 1. The quantitative estimate of drug-likeness (QED) is 0.633. The highest BCUT2D eigenvalue weighted by molar-refractivity contribution is 5.81. The maximum absolute atomic E-state index is 13.2. The molecule has 19 heavy (non-hydrogen) atoms. The molecule has 3 rings (SSSR count). The van der Waals surface area contributed by atoms with E-state index in [-0.39, 0.29) is 17.4 Å². The number of nitrogens with zero attached hydrogens (tertiary/aromatic N) is 4. The molecule has 100 valence electrons. The van der Waals surface area contributed by atoms with Gasteiger partial charge in [-0.05, 0) is 12.3 Å². The van der Waals surface area contributed by atoms with E-state index >= 15 is 0 Å². The van der Waals surface area contributed by atoms with Gasteiger partial charge in [-0.1, -0.05) is 6.92 Å². The lowest BCUT2D eigenvalue weighted by Gasteiger charge is -2.12. The molecule has 8 heteroatoms. The van der Waals surface area contributed by atoms with Crippen molar-refractivity contribution < 1.29 is 13.9 Å². The Kier molecular flexibility index (Phi) is 2.67. The Hall–Kier alpha value is -2.09. The van der Waals surface area contributed by atoms with Crippen LogP contribution in [0.25, 0.3) is 11.2 Å². The van der Waals surface area contributed by atoms with Crippen molar-refractivity contribution in [2.45, 2.75) is 25.7 Å². The van der Waals surface area contributed by atoms with Crippen LogP contribution in [0.1, 0.15) is 19.6 Å². The molecule has 0 amide bonds. The lowest BCUT2D eigenvalue weighted by atomic mass is 10.0. The zero-order chi connectivity index (χ0) is 13.6.